The highest BCUT2D eigenvalue weighted by Crippen LogP contribution is 2.44. The van der Waals surface area contributed by atoms with Crippen molar-refractivity contribution < 1.29 is 14.3 Å². The molecule has 1 aromatic heterocycles. The lowest BCUT2D eigenvalue weighted by Gasteiger charge is -2.23. The van der Waals surface area contributed by atoms with Gasteiger partial charge in [0.1, 0.15) is 11.4 Å². The molecule has 1 saturated carbocycles. The van der Waals surface area contributed by atoms with Crippen molar-refractivity contribution in [1.29, 1.82) is 0 Å². The molecule has 2 fully saturated rings. The van der Waals surface area contributed by atoms with Crippen molar-refractivity contribution in [3.63, 3.8) is 0 Å². The molecule has 38 heavy (non-hydrogen) atoms. The van der Waals surface area contributed by atoms with E-state index in [1.54, 1.807) is 7.11 Å². The lowest BCUT2D eigenvalue weighted by molar-refractivity contribution is -0.156. The summed E-state index contributed by atoms with van der Waals surface area (Å²) in [6.45, 7) is 10.1. The summed E-state index contributed by atoms with van der Waals surface area (Å²) in [7, 11) is 1.68. The molecule has 1 aliphatic heterocycles. The highest BCUT2D eigenvalue weighted by molar-refractivity contribution is 5.93. The number of likely N-dealkylation sites (tertiary alicyclic amines) is 1. The summed E-state index contributed by atoms with van der Waals surface area (Å²) in [6.07, 6.45) is 4.05. The van der Waals surface area contributed by atoms with Crippen LogP contribution < -0.4 is 10.1 Å². The Morgan fingerprint density at radius 1 is 1.08 bits per heavy atom. The van der Waals surface area contributed by atoms with E-state index in [9.17, 15) is 4.79 Å². The molecule has 6 heteroatoms. The summed E-state index contributed by atoms with van der Waals surface area (Å²) in [5.74, 6) is 2.63. The number of carbonyl (C=O) groups is 1. The van der Waals surface area contributed by atoms with E-state index < -0.39 is 5.60 Å². The van der Waals surface area contributed by atoms with Crippen LogP contribution in [0.5, 0.6) is 5.75 Å². The van der Waals surface area contributed by atoms with Gasteiger partial charge in [0.25, 0.3) is 0 Å². The normalized spacial score (nSPS) is 21.4. The summed E-state index contributed by atoms with van der Waals surface area (Å²) < 4.78 is 10.9. The van der Waals surface area contributed by atoms with Crippen LogP contribution >= 0.6 is 0 Å². The van der Waals surface area contributed by atoms with Gasteiger partial charge in [-0.3, -0.25) is 4.79 Å². The maximum absolute atomic E-state index is 12.4. The zero-order valence-corrected chi connectivity index (χ0v) is 23.2. The number of hydrogen-bond acceptors (Lipinski definition) is 6. The number of fused-ring (bicyclic) bond motifs is 2. The minimum absolute atomic E-state index is 0.0376. The minimum Gasteiger partial charge on any atom is -0.497 e. The van der Waals surface area contributed by atoms with Crippen molar-refractivity contribution in [1.82, 2.24) is 9.88 Å². The van der Waals surface area contributed by atoms with Crippen molar-refractivity contribution in [2.45, 2.75) is 52.1 Å². The number of pyridine rings is 1. The molecule has 0 spiro atoms. The molecule has 3 unspecified atom stereocenters. The second-order valence-electron chi connectivity index (χ2n) is 11.9. The number of rotatable bonds is 9. The molecule has 5 rings (SSSR count). The molecule has 0 radical (unpaired) electrons. The van der Waals surface area contributed by atoms with Gasteiger partial charge in [-0.2, -0.15) is 0 Å². The molecule has 202 valence electrons. The SMILES string of the molecule is COc1ccc(-c2cc(NCCCN3CC4CCC(CC(=O)OC(C)(C)C)C4C3)c3ccccc3n2)cc1. The van der Waals surface area contributed by atoms with Gasteiger partial charge in [-0.25, -0.2) is 4.98 Å². The van der Waals surface area contributed by atoms with E-state index in [0.717, 1.165) is 78.5 Å². The number of benzene rings is 2. The maximum atomic E-state index is 12.4. The van der Waals surface area contributed by atoms with Gasteiger partial charge in [0.2, 0.25) is 0 Å². The van der Waals surface area contributed by atoms with Gasteiger partial charge in [-0.1, -0.05) is 18.2 Å². The average Bonchev–Trinajstić information content (AvgIpc) is 3.46. The van der Waals surface area contributed by atoms with E-state index in [0.29, 0.717) is 18.3 Å². The highest BCUT2D eigenvalue weighted by atomic mass is 16.6. The summed E-state index contributed by atoms with van der Waals surface area (Å²) in [4.78, 5) is 19.9. The minimum atomic E-state index is -0.403. The number of aromatic nitrogens is 1. The van der Waals surface area contributed by atoms with E-state index in [-0.39, 0.29) is 5.97 Å². The average molecular weight is 516 g/mol. The number of anilines is 1. The first-order chi connectivity index (χ1) is 18.3. The van der Waals surface area contributed by atoms with E-state index in [2.05, 4.69) is 46.6 Å². The first-order valence-electron chi connectivity index (χ1n) is 14.0. The van der Waals surface area contributed by atoms with Crippen LogP contribution in [0, 0.1) is 17.8 Å². The van der Waals surface area contributed by atoms with Crippen molar-refractivity contribution in [3.8, 4) is 17.0 Å². The molecular weight excluding hydrogens is 474 g/mol. The van der Waals surface area contributed by atoms with Crippen LogP contribution in [0.2, 0.25) is 0 Å². The zero-order valence-electron chi connectivity index (χ0n) is 23.2. The Bertz CT molecular complexity index is 1250. The Morgan fingerprint density at radius 3 is 2.63 bits per heavy atom. The van der Waals surface area contributed by atoms with Gasteiger partial charge in [-0.15, -0.1) is 0 Å². The second kappa shape index (κ2) is 11.3. The van der Waals surface area contributed by atoms with E-state index in [4.69, 9.17) is 14.5 Å². The Kier molecular flexibility index (Phi) is 7.89. The van der Waals surface area contributed by atoms with Gasteiger partial charge in [0, 0.05) is 42.7 Å². The Hall–Kier alpha value is -3.12. The number of nitrogens with one attached hydrogen (secondary N) is 1. The van der Waals surface area contributed by atoms with E-state index in [1.807, 2.05) is 39.0 Å². The van der Waals surface area contributed by atoms with Crippen LogP contribution in [0.1, 0.15) is 46.5 Å². The molecule has 2 aromatic carbocycles. The van der Waals surface area contributed by atoms with Crippen molar-refractivity contribution >= 4 is 22.6 Å². The highest BCUT2D eigenvalue weighted by Gasteiger charge is 2.43. The van der Waals surface area contributed by atoms with E-state index >= 15 is 0 Å². The molecule has 6 nitrogen and oxygen atoms in total. The third-order valence-corrected chi connectivity index (χ3v) is 8.00. The van der Waals surface area contributed by atoms with Gasteiger partial charge < -0.3 is 19.7 Å². The van der Waals surface area contributed by atoms with Crippen LogP contribution in [0.4, 0.5) is 5.69 Å². The van der Waals surface area contributed by atoms with Gasteiger partial charge in [-0.05, 0) is 101 Å². The molecule has 2 heterocycles. The van der Waals surface area contributed by atoms with Crippen molar-refractivity contribution in [2.24, 2.45) is 17.8 Å². The lowest BCUT2D eigenvalue weighted by Crippen LogP contribution is -2.28. The Balaban J connectivity index is 1.16. The van der Waals surface area contributed by atoms with Crippen molar-refractivity contribution in [2.75, 3.05) is 38.6 Å². The quantitative estimate of drug-likeness (QED) is 0.263. The summed E-state index contributed by atoms with van der Waals surface area (Å²) >= 11 is 0. The molecule has 1 aliphatic carbocycles. The number of methoxy groups -OCH3 is 1. The van der Waals surface area contributed by atoms with Crippen LogP contribution in [0.25, 0.3) is 22.2 Å². The summed E-state index contributed by atoms with van der Waals surface area (Å²) in [5.41, 5.74) is 3.74. The van der Waals surface area contributed by atoms with Crippen LogP contribution in [0.15, 0.2) is 54.6 Å². The number of nitrogens with zero attached hydrogens (tertiary/aromatic N) is 2. The van der Waals surface area contributed by atoms with Crippen molar-refractivity contribution in [3.05, 3.63) is 54.6 Å². The second-order valence-corrected chi connectivity index (χ2v) is 11.9. The molecule has 0 amide bonds. The fraction of sp³-hybridized carbons (Fsp3) is 0.500. The standard InChI is InChI=1S/C32H41N3O3/c1-32(2,3)38-31(36)18-23-10-11-24-20-35(21-27(23)24)17-7-16-33-30-19-29(22-12-14-25(37-4)15-13-22)34-28-9-6-5-8-26(28)30/h5-6,8-9,12-15,19,23-24,27H,7,10-11,16-18,20-21H2,1-4H3,(H,33,34). The molecule has 1 saturated heterocycles. The predicted octanol–water partition coefficient (Wildman–Crippen LogP) is 6.40. The molecular formula is C32H41N3O3. The molecule has 1 N–H and O–H groups in total. The largest absolute Gasteiger partial charge is 0.497 e. The first kappa shape index (κ1) is 26.5. The fourth-order valence-electron chi connectivity index (χ4n) is 6.26. The predicted molar refractivity (Wildman–Crippen MR) is 153 cm³/mol. The Morgan fingerprint density at radius 2 is 1.87 bits per heavy atom. The third kappa shape index (κ3) is 6.29. The molecule has 0 bridgehead atoms. The summed E-state index contributed by atoms with van der Waals surface area (Å²) in [6, 6.07) is 18.5. The molecule has 3 atom stereocenters. The van der Waals surface area contributed by atoms with Crippen LogP contribution in [-0.4, -0.2) is 54.7 Å². The number of para-hydroxylation sites is 1. The Labute approximate surface area is 226 Å². The summed E-state index contributed by atoms with van der Waals surface area (Å²) in [5, 5.41) is 4.84. The smallest absolute Gasteiger partial charge is 0.306 e. The van der Waals surface area contributed by atoms with Gasteiger partial charge in [0.05, 0.1) is 18.3 Å². The number of esters is 1. The number of hydrogen-bond donors (Lipinski definition) is 1. The number of carbonyl (C=O) groups excluding carboxylic acids is 1. The van der Waals surface area contributed by atoms with E-state index in [1.165, 1.54) is 6.42 Å². The molecule has 2 aliphatic rings. The number of ether oxygens (including phenoxy) is 2. The lowest BCUT2D eigenvalue weighted by atomic mass is 9.90. The molecule has 3 aromatic rings. The maximum Gasteiger partial charge on any atom is 0.306 e. The zero-order chi connectivity index (χ0) is 26.7. The first-order valence-corrected chi connectivity index (χ1v) is 14.0. The van der Waals surface area contributed by atoms with Gasteiger partial charge >= 0.3 is 5.97 Å². The fourth-order valence-corrected chi connectivity index (χ4v) is 6.26. The van der Waals surface area contributed by atoms with Crippen LogP contribution in [-0.2, 0) is 9.53 Å². The van der Waals surface area contributed by atoms with Crippen LogP contribution in [0.3, 0.4) is 0 Å². The van der Waals surface area contributed by atoms with Gasteiger partial charge in [0.15, 0.2) is 0 Å². The topological polar surface area (TPSA) is 63.7 Å². The monoisotopic (exact) mass is 515 g/mol. The third-order valence-electron chi connectivity index (χ3n) is 8.00.